The smallest absolute Gasteiger partial charge is 0.160 e. The van der Waals surface area contributed by atoms with Crippen LogP contribution in [0.2, 0.25) is 0 Å². The van der Waals surface area contributed by atoms with E-state index in [1.54, 1.807) is 0 Å². The van der Waals surface area contributed by atoms with Crippen LogP contribution in [0.4, 0.5) is 0 Å². The number of furan rings is 1. The maximum atomic E-state index is 6.19. The first-order chi connectivity index (χ1) is 27.7. The lowest BCUT2D eigenvalue weighted by Gasteiger charge is -2.14. The van der Waals surface area contributed by atoms with Crippen molar-refractivity contribution in [2.75, 3.05) is 0 Å². The van der Waals surface area contributed by atoms with Gasteiger partial charge >= 0.3 is 0 Å². The summed E-state index contributed by atoms with van der Waals surface area (Å²) < 4.78 is 8.80. The fourth-order valence-electron chi connectivity index (χ4n) is 7.87. The van der Waals surface area contributed by atoms with Gasteiger partial charge in [0, 0.05) is 47.6 Å². The maximum absolute atomic E-state index is 6.19. The molecule has 3 heterocycles. The molecule has 4 heteroatoms. The molecular weight excluding hydrogens is 701 g/mol. The van der Waals surface area contributed by atoms with Gasteiger partial charge in [-0.05, 0) is 100 Å². The van der Waals surface area contributed by atoms with E-state index in [1.807, 2.05) is 29.5 Å². The lowest BCUT2D eigenvalue weighted by atomic mass is 9.94. The van der Waals surface area contributed by atoms with E-state index in [-0.39, 0.29) is 0 Å². The molecule has 56 heavy (non-hydrogen) atoms. The monoisotopic (exact) mass is 732 g/mol. The summed E-state index contributed by atoms with van der Waals surface area (Å²) in [7, 11) is 0. The topological polar surface area (TPSA) is 38.9 Å². The van der Waals surface area contributed by atoms with Crippen LogP contribution in [0.3, 0.4) is 0 Å². The molecule has 0 saturated carbocycles. The summed E-state index contributed by atoms with van der Waals surface area (Å²) in [6.07, 6.45) is 0. The van der Waals surface area contributed by atoms with Crippen LogP contribution in [0.5, 0.6) is 0 Å². The average Bonchev–Trinajstić information content (AvgIpc) is 3.84. The Morgan fingerprint density at radius 1 is 0.304 bits per heavy atom. The summed E-state index contributed by atoms with van der Waals surface area (Å²) in [6.45, 7) is 0. The fraction of sp³-hybridized carbons (Fsp3) is 0. The van der Waals surface area contributed by atoms with Crippen molar-refractivity contribution >= 4 is 53.4 Å². The highest BCUT2D eigenvalue weighted by Gasteiger charge is 2.16. The van der Waals surface area contributed by atoms with Gasteiger partial charge in [-0.25, -0.2) is 9.97 Å². The summed E-state index contributed by atoms with van der Waals surface area (Å²) in [5, 5.41) is 4.80. The van der Waals surface area contributed by atoms with Crippen LogP contribution in [0, 0.1) is 0 Å². The van der Waals surface area contributed by atoms with E-state index in [2.05, 4.69) is 176 Å². The summed E-state index contributed by atoms with van der Waals surface area (Å²) in [5.41, 5.74) is 13.3. The molecule has 3 nitrogen and oxygen atoms in total. The van der Waals surface area contributed by atoms with Crippen LogP contribution >= 0.6 is 11.3 Å². The van der Waals surface area contributed by atoms with Gasteiger partial charge in [0.15, 0.2) is 5.82 Å². The predicted octanol–water partition coefficient (Wildman–Crippen LogP) is 14.7. The fourth-order valence-corrected chi connectivity index (χ4v) is 8.96. The van der Waals surface area contributed by atoms with E-state index < -0.39 is 0 Å². The third-order valence-corrected chi connectivity index (χ3v) is 11.8. The largest absolute Gasteiger partial charge is 0.456 e. The number of rotatable bonds is 6. The zero-order valence-corrected chi connectivity index (χ0v) is 31.0. The third-order valence-electron chi connectivity index (χ3n) is 10.7. The Balaban J connectivity index is 1.08. The number of benzene rings is 8. The van der Waals surface area contributed by atoms with E-state index >= 15 is 0 Å². The molecule has 8 aromatic carbocycles. The lowest BCUT2D eigenvalue weighted by Crippen LogP contribution is -1.97. The van der Waals surface area contributed by atoms with Gasteiger partial charge in [-0.3, -0.25) is 0 Å². The average molecular weight is 733 g/mol. The number of nitrogens with zero attached hydrogens (tertiary/aromatic N) is 2. The standard InChI is InChI=1S/C52H32N2OS/c1-3-12-33(13-4-1)39-27-40(37-22-24-49-44(30-37)42-18-7-9-20-48(42)55-49)29-41(28-39)47-32-46(34-14-5-2-6-15-34)53-52(54-47)38-17-11-16-35(26-38)36-23-25-51-45(31-36)43-19-8-10-21-50(43)56-51/h1-32H. The van der Waals surface area contributed by atoms with Gasteiger partial charge in [-0.15, -0.1) is 11.3 Å². The van der Waals surface area contributed by atoms with E-state index in [4.69, 9.17) is 14.4 Å². The quantitative estimate of drug-likeness (QED) is 0.171. The van der Waals surface area contributed by atoms with Gasteiger partial charge in [0.05, 0.1) is 11.4 Å². The summed E-state index contributed by atoms with van der Waals surface area (Å²) in [4.78, 5) is 10.6. The first-order valence-electron chi connectivity index (χ1n) is 18.8. The van der Waals surface area contributed by atoms with Crippen molar-refractivity contribution in [1.82, 2.24) is 9.97 Å². The molecule has 0 saturated heterocycles. The Hall–Kier alpha value is -7.14. The summed E-state index contributed by atoms with van der Waals surface area (Å²) in [6, 6.07) is 68.7. The predicted molar refractivity (Wildman–Crippen MR) is 235 cm³/mol. The molecule has 11 aromatic rings. The van der Waals surface area contributed by atoms with Gasteiger partial charge in [0.25, 0.3) is 0 Å². The van der Waals surface area contributed by atoms with E-state index in [9.17, 15) is 0 Å². The normalized spacial score (nSPS) is 11.6. The van der Waals surface area contributed by atoms with Crippen molar-refractivity contribution in [3.8, 4) is 67.3 Å². The minimum atomic E-state index is 0.684. The number of para-hydroxylation sites is 1. The Bertz CT molecular complexity index is 3250. The lowest BCUT2D eigenvalue weighted by molar-refractivity contribution is 0.669. The molecule has 0 amide bonds. The van der Waals surface area contributed by atoms with Gasteiger partial charge in [0.1, 0.15) is 11.2 Å². The molecule has 0 fully saturated rings. The highest BCUT2D eigenvalue weighted by Crippen LogP contribution is 2.39. The number of hydrogen-bond acceptors (Lipinski definition) is 4. The number of thiophene rings is 1. The van der Waals surface area contributed by atoms with Crippen LogP contribution in [-0.4, -0.2) is 9.97 Å². The molecular formula is C52H32N2OS. The van der Waals surface area contributed by atoms with Crippen molar-refractivity contribution in [3.05, 3.63) is 194 Å². The van der Waals surface area contributed by atoms with Gasteiger partial charge in [0.2, 0.25) is 0 Å². The molecule has 0 radical (unpaired) electrons. The zero-order valence-electron chi connectivity index (χ0n) is 30.2. The summed E-state index contributed by atoms with van der Waals surface area (Å²) >= 11 is 1.84. The first kappa shape index (κ1) is 32.3. The Morgan fingerprint density at radius 2 is 0.839 bits per heavy atom. The molecule has 262 valence electrons. The van der Waals surface area contributed by atoms with Crippen LogP contribution in [0.25, 0.3) is 109 Å². The number of aromatic nitrogens is 2. The molecule has 11 rings (SSSR count). The molecule has 0 atom stereocenters. The molecule has 0 aliphatic rings. The van der Waals surface area contributed by atoms with Crippen molar-refractivity contribution in [2.45, 2.75) is 0 Å². The zero-order chi connectivity index (χ0) is 37.0. The van der Waals surface area contributed by atoms with Crippen LogP contribution in [0.15, 0.2) is 199 Å². The molecule has 3 aromatic heterocycles. The van der Waals surface area contributed by atoms with Gasteiger partial charge < -0.3 is 4.42 Å². The molecule has 0 spiro atoms. The second kappa shape index (κ2) is 13.3. The highest BCUT2D eigenvalue weighted by atomic mass is 32.1. The van der Waals surface area contributed by atoms with Crippen LogP contribution < -0.4 is 0 Å². The van der Waals surface area contributed by atoms with Crippen molar-refractivity contribution in [3.63, 3.8) is 0 Å². The van der Waals surface area contributed by atoms with Crippen molar-refractivity contribution < 1.29 is 4.42 Å². The SMILES string of the molecule is c1ccc(-c2cc(-c3ccc4oc5ccccc5c4c3)cc(-c3cc(-c4ccccc4)nc(-c4cccc(-c5ccc6sc7ccccc7c6c5)c4)n3)c2)cc1. The molecule has 0 N–H and O–H groups in total. The van der Waals surface area contributed by atoms with E-state index in [0.29, 0.717) is 5.82 Å². The van der Waals surface area contributed by atoms with Crippen molar-refractivity contribution in [1.29, 1.82) is 0 Å². The molecule has 0 unspecified atom stereocenters. The van der Waals surface area contributed by atoms with E-state index in [0.717, 1.165) is 77.8 Å². The minimum absolute atomic E-state index is 0.684. The van der Waals surface area contributed by atoms with Gasteiger partial charge in [-0.1, -0.05) is 127 Å². The highest BCUT2D eigenvalue weighted by molar-refractivity contribution is 7.25. The molecule has 0 bridgehead atoms. The Labute approximate surface area is 327 Å². The second-order valence-corrected chi connectivity index (χ2v) is 15.3. The van der Waals surface area contributed by atoms with Crippen molar-refractivity contribution in [2.24, 2.45) is 0 Å². The second-order valence-electron chi connectivity index (χ2n) is 14.2. The molecule has 0 aliphatic heterocycles. The summed E-state index contributed by atoms with van der Waals surface area (Å²) in [5.74, 6) is 0.684. The first-order valence-corrected chi connectivity index (χ1v) is 19.6. The van der Waals surface area contributed by atoms with Crippen LogP contribution in [0.1, 0.15) is 0 Å². The Morgan fingerprint density at radius 3 is 1.68 bits per heavy atom. The number of hydrogen-bond donors (Lipinski definition) is 0. The third kappa shape index (κ3) is 5.76. The van der Waals surface area contributed by atoms with Gasteiger partial charge in [-0.2, -0.15) is 0 Å². The van der Waals surface area contributed by atoms with E-state index in [1.165, 1.54) is 25.7 Å². The maximum Gasteiger partial charge on any atom is 0.160 e. The Kier molecular flexibility index (Phi) is 7.68. The molecule has 0 aliphatic carbocycles. The van der Waals surface area contributed by atoms with Crippen LogP contribution in [-0.2, 0) is 0 Å². The number of fused-ring (bicyclic) bond motifs is 6. The minimum Gasteiger partial charge on any atom is -0.456 e.